The van der Waals surface area contributed by atoms with Crippen molar-refractivity contribution in [2.75, 3.05) is 10.8 Å². The molecule has 0 atom stereocenters. The van der Waals surface area contributed by atoms with Crippen LogP contribution in [0.4, 0.5) is 5.69 Å². The predicted octanol–water partition coefficient (Wildman–Crippen LogP) is 6.83. The normalized spacial score (nSPS) is 17.3. The number of benzene rings is 4. The lowest BCUT2D eigenvalue weighted by Crippen LogP contribution is -2.36. The summed E-state index contributed by atoms with van der Waals surface area (Å²) in [6, 6.07) is 27.7. The standard InChI is InChI=1S/C31H27NO6S3/c1-21-12-16-24(17-13-21)39(33,34)31-29-26-10-6-7-11-28(26)32(41(37,38)25-18-14-22(2)15-19-25)20-27(29)30(40(31,35)36)23-8-4-3-5-9-23/h3-19,35-36H,20H2,1-2H3. The summed E-state index contributed by atoms with van der Waals surface area (Å²) < 4.78 is 81.0. The Morgan fingerprint density at radius 3 is 1.83 bits per heavy atom. The van der Waals surface area contributed by atoms with Crippen molar-refractivity contribution < 1.29 is 25.9 Å². The molecule has 4 aromatic carbocycles. The summed E-state index contributed by atoms with van der Waals surface area (Å²) >= 11 is 0. The van der Waals surface area contributed by atoms with E-state index >= 15 is 0 Å². The smallest absolute Gasteiger partial charge is 0.264 e. The molecule has 41 heavy (non-hydrogen) atoms. The van der Waals surface area contributed by atoms with Gasteiger partial charge in [-0.1, -0.05) is 83.9 Å². The molecule has 6 rings (SSSR count). The highest BCUT2D eigenvalue weighted by atomic mass is 32.3. The van der Waals surface area contributed by atoms with Crippen molar-refractivity contribution in [3.63, 3.8) is 0 Å². The summed E-state index contributed by atoms with van der Waals surface area (Å²) in [6.07, 6.45) is 0. The molecule has 0 saturated heterocycles. The number of sulfone groups is 1. The summed E-state index contributed by atoms with van der Waals surface area (Å²) in [5.74, 6) is 0. The number of sulfonamides is 1. The second kappa shape index (κ2) is 9.71. The highest BCUT2D eigenvalue weighted by molar-refractivity contribution is 8.42. The van der Waals surface area contributed by atoms with Crippen LogP contribution in [0.1, 0.15) is 22.3 Å². The van der Waals surface area contributed by atoms with Gasteiger partial charge in [0.05, 0.1) is 26.9 Å². The molecule has 0 unspecified atom stereocenters. The maximum absolute atomic E-state index is 14.2. The first-order valence-electron chi connectivity index (χ1n) is 12.8. The van der Waals surface area contributed by atoms with Crippen LogP contribution < -0.4 is 4.31 Å². The van der Waals surface area contributed by atoms with E-state index in [-0.39, 0.29) is 38.1 Å². The first kappa shape index (κ1) is 27.5. The van der Waals surface area contributed by atoms with Crippen LogP contribution in [0.25, 0.3) is 10.5 Å². The molecular formula is C31H27NO6S3. The number of para-hydroxylation sites is 1. The van der Waals surface area contributed by atoms with Crippen molar-refractivity contribution in [2.45, 2.75) is 23.6 Å². The molecule has 0 bridgehead atoms. The zero-order chi connectivity index (χ0) is 29.2. The molecule has 210 valence electrons. The fraction of sp³-hybridized carbons (Fsp3) is 0.0968. The third kappa shape index (κ3) is 4.34. The minimum Gasteiger partial charge on any atom is -0.290 e. The lowest BCUT2D eigenvalue weighted by atomic mass is 9.92. The maximum atomic E-state index is 14.2. The van der Waals surface area contributed by atoms with E-state index in [2.05, 4.69) is 0 Å². The van der Waals surface area contributed by atoms with E-state index < -0.39 is 34.7 Å². The van der Waals surface area contributed by atoms with Crippen LogP contribution in [0.15, 0.2) is 123 Å². The average Bonchev–Trinajstić information content (AvgIpc) is 3.20. The highest BCUT2D eigenvalue weighted by Gasteiger charge is 2.50. The van der Waals surface area contributed by atoms with Gasteiger partial charge in [0.25, 0.3) is 10.0 Å². The summed E-state index contributed by atoms with van der Waals surface area (Å²) in [5.41, 5.74) is 3.09. The van der Waals surface area contributed by atoms with Crippen molar-refractivity contribution in [1.29, 1.82) is 0 Å². The summed E-state index contributed by atoms with van der Waals surface area (Å²) in [7, 11) is -12.6. The Hall–Kier alpha value is -3.67. The van der Waals surface area contributed by atoms with Crippen LogP contribution in [0.5, 0.6) is 0 Å². The van der Waals surface area contributed by atoms with Gasteiger partial charge in [-0.15, -0.1) is 10.6 Å². The first-order valence-corrected chi connectivity index (χ1v) is 17.2. The third-order valence-electron chi connectivity index (χ3n) is 7.29. The van der Waals surface area contributed by atoms with Crippen LogP contribution in [0.2, 0.25) is 0 Å². The number of rotatable bonds is 5. The Kier molecular flexibility index (Phi) is 6.51. The average molecular weight is 606 g/mol. The molecule has 2 heterocycles. The molecule has 2 N–H and O–H groups in total. The lowest BCUT2D eigenvalue weighted by molar-refractivity contribution is 0.511. The molecule has 0 aliphatic carbocycles. The van der Waals surface area contributed by atoms with Crippen LogP contribution >= 0.6 is 10.6 Å². The van der Waals surface area contributed by atoms with Crippen LogP contribution in [0.3, 0.4) is 0 Å². The largest absolute Gasteiger partial charge is 0.290 e. The molecule has 4 aromatic rings. The zero-order valence-corrected chi connectivity index (χ0v) is 24.7. The van der Waals surface area contributed by atoms with Gasteiger partial charge in [-0.3, -0.25) is 13.4 Å². The fourth-order valence-corrected chi connectivity index (χ4v) is 11.4. The molecule has 0 spiro atoms. The van der Waals surface area contributed by atoms with Crippen molar-refractivity contribution in [3.05, 3.63) is 135 Å². The van der Waals surface area contributed by atoms with Gasteiger partial charge in [0.1, 0.15) is 0 Å². The van der Waals surface area contributed by atoms with E-state index in [1.165, 1.54) is 28.6 Å². The Labute approximate surface area is 241 Å². The number of hydrogen-bond acceptors (Lipinski definition) is 6. The van der Waals surface area contributed by atoms with Crippen LogP contribution in [-0.4, -0.2) is 32.5 Å². The molecule has 0 saturated carbocycles. The minimum atomic E-state index is -4.42. The van der Waals surface area contributed by atoms with E-state index in [1.807, 2.05) is 13.8 Å². The van der Waals surface area contributed by atoms with E-state index in [1.54, 1.807) is 78.9 Å². The lowest BCUT2D eigenvalue weighted by Gasteiger charge is -2.33. The molecule has 2 aliphatic rings. The van der Waals surface area contributed by atoms with Crippen LogP contribution in [0, 0.1) is 13.8 Å². The SMILES string of the molecule is Cc1ccc(S(=O)(=O)C2=C3C(=C(c4ccccc4)S2(O)O)CN(S(=O)(=O)c2ccc(C)cc2)c2ccccc23)cc1. The molecule has 0 radical (unpaired) electrons. The second-order valence-electron chi connectivity index (χ2n) is 10.0. The van der Waals surface area contributed by atoms with Gasteiger partial charge in [0.15, 0.2) is 4.24 Å². The predicted molar refractivity (Wildman–Crippen MR) is 164 cm³/mol. The van der Waals surface area contributed by atoms with E-state index in [9.17, 15) is 25.9 Å². The number of fused-ring (bicyclic) bond motifs is 3. The van der Waals surface area contributed by atoms with Crippen molar-refractivity contribution in [1.82, 2.24) is 0 Å². The molecule has 0 amide bonds. The topological polar surface area (TPSA) is 112 Å². The van der Waals surface area contributed by atoms with Crippen molar-refractivity contribution >= 4 is 46.6 Å². The number of nitrogens with zero attached hydrogens (tertiary/aromatic N) is 1. The van der Waals surface area contributed by atoms with Gasteiger partial charge >= 0.3 is 0 Å². The third-order valence-corrected chi connectivity index (χ3v) is 13.8. The Balaban J connectivity index is 1.68. The Morgan fingerprint density at radius 2 is 1.22 bits per heavy atom. The Bertz CT molecular complexity index is 1960. The number of anilines is 1. The highest BCUT2D eigenvalue weighted by Crippen LogP contribution is 2.71. The second-order valence-corrected chi connectivity index (χ2v) is 16.0. The molecule has 10 heteroatoms. The minimum absolute atomic E-state index is 0.0115. The fourth-order valence-electron chi connectivity index (χ4n) is 5.29. The molecule has 0 fully saturated rings. The van der Waals surface area contributed by atoms with Crippen molar-refractivity contribution in [3.8, 4) is 0 Å². The molecule has 7 nitrogen and oxygen atoms in total. The summed E-state index contributed by atoms with van der Waals surface area (Å²) in [5, 5.41) is 0. The zero-order valence-electron chi connectivity index (χ0n) is 22.2. The quantitative estimate of drug-likeness (QED) is 0.258. The van der Waals surface area contributed by atoms with Gasteiger partial charge in [-0.25, -0.2) is 16.8 Å². The Morgan fingerprint density at radius 1 is 0.683 bits per heavy atom. The van der Waals surface area contributed by atoms with Crippen LogP contribution in [-0.2, 0) is 19.9 Å². The van der Waals surface area contributed by atoms with E-state index in [0.29, 0.717) is 11.1 Å². The summed E-state index contributed by atoms with van der Waals surface area (Å²) in [4.78, 5) is 0.00752. The van der Waals surface area contributed by atoms with Gasteiger partial charge < -0.3 is 0 Å². The van der Waals surface area contributed by atoms with E-state index in [4.69, 9.17) is 0 Å². The molecule has 2 aliphatic heterocycles. The molecule has 0 aromatic heterocycles. The molecular weight excluding hydrogens is 579 g/mol. The van der Waals surface area contributed by atoms with Crippen molar-refractivity contribution in [2.24, 2.45) is 0 Å². The van der Waals surface area contributed by atoms with Gasteiger partial charge in [-0.05, 0) is 49.7 Å². The summed E-state index contributed by atoms with van der Waals surface area (Å²) in [6.45, 7) is 3.41. The van der Waals surface area contributed by atoms with Gasteiger partial charge in [0, 0.05) is 16.7 Å². The number of hydrogen-bond donors (Lipinski definition) is 2. The van der Waals surface area contributed by atoms with E-state index in [0.717, 1.165) is 11.1 Å². The van der Waals surface area contributed by atoms with Gasteiger partial charge in [-0.2, -0.15) is 0 Å². The monoisotopic (exact) mass is 605 g/mol. The first-order chi connectivity index (χ1) is 19.4. The number of aryl methyl sites for hydroxylation is 2. The van der Waals surface area contributed by atoms with Gasteiger partial charge in [0.2, 0.25) is 9.84 Å². The maximum Gasteiger partial charge on any atom is 0.264 e.